The molecule has 0 atom stereocenters. The first-order valence-electron chi connectivity index (χ1n) is 0.783. The third kappa shape index (κ3) is 1020. The van der Waals surface area contributed by atoms with E-state index in [1.807, 2.05) is 0 Å². The van der Waals surface area contributed by atoms with Crippen molar-refractivity contribution in [3.63, 3.8) is 0 Å². The van der Waals surface area contributed by atoms with E-state index < -0.39 is 7.82 Å². The molecule has 98 valence electrons. The van der Waals surface area contributed by atoms with Crippen LogP contribution in [0.4, 0.5) is 0 Å². The Hall–Kier alpha value is 1.43. The molecule has 0 bridgehead atoms. The van der Waals surface area contributed by atoms with E-state index in [0.717, 1.165) is 0 Å². The van der Waals surface area contributed by atoms with Crippen LogP contribution in [-0.4, -0.2) is 58.5 Å². The Morgan fingerprint density at radius 1 is 0.643 bits per heavy atom. The molecule has 0 aliphatic rings. The monoisotopic (exact) mass is 282 g/mol. The summed E-state index contributed by atoms with van der Waals surface area (Å²) in [5.74, 6) is 0. The second-order valence-electron chi connectivity index (χ2n) is 0.513. The smallest absolute Gasteiger partial charge is 1.00 e. The Morgan fingerprint density at radius 3 is 0.643 bits per heavy atom. The van der Waals surface area contributed by atoms with Gasteiger partial charge in [-0.25, -0.2) is 4.57 Å². The van der Waals surface area contributed by atoms with Crippen molar-refractivity contribution in [1.29, 1.82) is 0 Å². The van der Waals surface area contributed by atoms with Crippen LogP contribution in [0, 0.1) is 0 Å². The van der Waals surface area contributed by atoms with E-state index in [2.05, 4.69) is 0 Å². The van der Waals surface area contributed by atoms with Crippen LogP contribution in [0.15, 0.2) is 0 Å². The van der Waals surface area contributed by atoms with Gasteiger partial charge in [-0.2, -0.15) is 0 Å². The van der Waals surface area contributed by atoms with Gasteiger partial charge in [0.1, 0.15) is 0 Å². The molecule has 0 saturated heterocycles. The summed E-state index contributed by atoms with van der Waals surface area (Å²) in [6, 6.07) is 0. The molecule has 14 heavy (non-hydrogen) atoms. The Labute approximate surface area is 123 Å². The molecule has 0 fully saturated rings. The summed E-state index contributed by atoms with van der Waals surface area (Å²) in [4.78, 5) is 21.6. The molecule has 0 rings (SSSR count). The maximum absolute atomic E-state index is 8.88. The minimum Gasteiger partial charge on any atom is -1.00 e. The summed E-state index contributed by atoms with van der Waals surface area (Å²) in [7, 11) is -4.64. The van der Waals surface area contributed by atoms with E-state index in [0.29, 0.717) is 0 Å². The molecular formula is H20KO12P. The van der Waals surface area contributed by atoms with Crippen LogP contribution in [-0.2, 0) is 4.57 Å². The van der Waals surface area contributed by atoms with Gasteiger partial charge in [0.2, 0.25) is 0 Å². The minimum atomic E-state index is -4.64. The van der Waals surface area contributed by atoms with Gasteiger partial charge >= 0.3 is 59.2 Å². The van der Waals surface area contributed by atoms with Gasteiger partial charge in [-0.15, -0.1) is 0 Å². The summed E-state index contributed by atoms with van der Waals surface area (Å²) in [5.41, 5.74) is 0. The first-order valence-corrected chi connectivity index (χ1v) is 2.35. The van der Waals surface area contributed by atoms with E-state index in [1.54, 1.807) is 0 Å². The zero-order valence-electron chi connectivity index (χ0n) is 8.20. The van der Waals surface area contributed by atoms with E-state index in [1.165, 1.54) is 0 Å². The van der Waals surface area contributed by atoms with E-state index in [4.69, 9.17) is 19.2 Å². The van der Waals surface area contributed by atoms with Crippen molar-refractivity contribution in [1.82, 2.24) is 0 Å². The van der Waals surface area contributed by atoms with Gasteiger partial charge in [0.15, 0.2) is 0 Å². The Bertz CT molecular complexity index is 61.8. The predicted molar refractivity (Wildman–Crippen MR) is 44.3 cm³/mol. The molecule has 0 unspecified atom stereocenters. The molecule has 0 aromatic carbocycles. The van der Waals surface area contributed by atoms with Crippen molar-refractivity contribution in [2.45, 2.75) is 0 Å². The molecule has 0 saturated carbocycles. The van der Waals surface area contributed by atoms with Crippen LogP contribution >= 0.6 is 7.82 Å². The van der Waals surface area contributed by atoms with Crippen LogP contribution in [0.2, 0.25) is 0 Å². The van der Waals surface area contributed by atoms with Gasteiger partial charge in [0.25, 0.3) is 0 Å². The molecule has 0 spiro atoms. The van der Waals surface area contributed by atoms with Crippen molar-refractivity contribution in [2.75, 3.05) is 0 Å². The molecule has 19 N–H and O–H groups in total. The minimum absolute atomic E-state index is 0. The quantitative estimate of drug-likeness (QED) is 0.287. The van der Waals surface area contributed by atoms with Gasteiger partial charge in [-0.1, -0.05) is 0 Å². The second-order valence-corrected chi connectivity index (χ2v) is 1.54. The van der Waals surface area contributed by atoms with Crippen molar-refractivity contribution >= 4 is 7.82 Å². The third-order valence-corrected chi connectivity index (χ3v) is 0. The summed E-state index contributed by atoms with van der Waals surface area (Å²) in [5, 5.41) is 0. The van der Waals surface area contributed by atoms with Gasteiger partial charge in [0.05, 0.1) is 0 Å². The van der Waals surface area contributed by atoms with Crippen LogP contribution in [0.5, 0.6) is 0 Å². The molecule has 0 amide bonds. The van der Waals surface area contributed by atoms with Gasteiger partial charge < -0.3 is 59.9 Å². The normalized spacial score (nSPS) is 4.21. The number of phosphoric acid groups is 1. The zero-order chi connectivity index (χ0) is 4.50. The Kier molecular flexibility index (Phi) is 367. The molecule has 0 aliphatic heterocycles. The summed E-state index contributed by atoms with van der Waals surface area (Å²) in [6.07, 6.45) is 0. The fourth-order valence-corrected chi connectivity index (χ4v) is 0. The molecule has 0 aromatic heterocycles. The SMILES string of the molecule is O.O.O.O.O.O.O.O.O=P(O)(O)O.[H-].[K+]. The average Bonchev–Trinajstić information content (AvgIpc) is 0.722. The maximum atomic E-state index is 8.88. The van der Waals surface area contributed by atoms with Crippen LogP contribution < -0.4 is 51.4 Å². The second kappa shape index (κ2) is 47.2. The van der Waals surface area contributed by atoms with Gasteiger partial charge in [-0.05, 0) is 0 Å². The van der Waals surface area contributed by atoms with Crippen molar-refractivity contribution in [2.24, 2.45) is 0 Å². The van der Waals surface area contributed by atoms with Gasteiger partial charge in [-0.3, -0.25) is 0 Å². The third-order valence-electron chi connectivity index (χ3n) is 0. The molecule has 0 radical (unpaired) electrons. The molecule has 12 nitrogen and oxygen atoms in total. The van der Waals surface area contributed by atoms with Crippen molar-refractivity contribution in [3.8, 4) is 0 Å². The van der Waals surface area contributed by atoms with E-state index in [-0.39, 0.29) is 96.6 Å². The van der Waals surface area contributed by atoms with Crippen LogP contribution in [0.3, 0.4) is 0 Å². The fraction of sp³-hybridized carbons (Fsp3) is 0. The van der Waals surface area contributed by atoms with E-state index >= 15 is 0 Å². The summed E-state index contributed by atoms with van der Waals surface area (Å²) in [6.45, 7) is 0. The Balaban J connectivity index is -0.00000000178. The molecular weight excluding hydrogens is 262 g/mol. The van der Waals surface area contributed by atoms with Crippen LogP contribution in [0.25, 0.3) is 0 Å². The molecule has 14 heteroatoms. The molecule has 0 aliphatic carbocycles. The van der Waals surface area contributed by atoms with E-state index in [9.17, 15) is 0 Å². The number of hydrogen-bond donors (Lipinski definition) is 3. The molecule has 0 aromatic rings. The topological polar surface area (TPSA) is 330 Å². The van der Waals surface area contributed by atoms with Crippen molar-refractivity contribution in [3.05, 3.63) is 0 Å². The molecule has 0 heterocycles. The standard InChI is InChI=1S/K.H3O4P.8H2O.H/c;1-5(2,3)4;;;;;;;;;/h;(H3,1,2,3,4);8*1H2;/q+1;;;;;;;;;;-1. The summed E-state index contributed by atoms with van der Waals surface area (Å²) < 4.78 is 8.88. The largest absolute Gasteiger partial charge is 1.00 e. The predicted octanol–water partition coefficient (Wildman–Crippen LogP) is -10.4. The first-order chi connectivity index (χ1) is 2.00. The maximum Gasteiger partial charge on any atom is 1.00 e. The van der Waals surface area contributed by atoms with Crippen molar-refractivity contribution < 1.29 is 116 Å². The Morgan fingerprint density at radius 2 is 0.643 bits per heavy atom. The number of hydrogen-bond acceptors (Lipinski definition) is 1. The first kappa shape index (κ1) is 109. The van der Waals surface area contributed by atoms with Crippen LogP contribution in [0.1, 0.15) is 1.43 Å². The zero-order valence-corrected chi connectivity index (χ0v) is 11.2. The number of rotatable bonds is 0. The van der Waals surface area contributed by atoms with Gasteiger partial charge in [0, 0.05) is 0 Å². The fourth-order valence-electron chi connectivity index (χ4n) is 0. The average molecular weight is 282 g/mol. The summed E-state index contributed by atoms with van der Waals surface area (Å²) >= 11 is 0.